The molecule has 0 bridgehead atoms. The summed E-state index contributed by atoms with van der Waals surface area (Å²) in [6.07, 6.45) is 0. The number of para-hydroxylation sites is 1. The number of anilines is 1. The van der Waals surface area contributed by atoms with Gasteiger partial charge < -0.3 is 10.4 Å². The molecule has 1 heterocycles. The molecule has 110 valence electrons. The minimum atomic E-state index is -1.16. The monoisotopic (exact) mass is 306 g/mol. The first-order valence-corrected chi connectivity index (χ1v) is 7.04. The molecule has 21 heavy (non-hydrogen) atoms. The third-order valence-electron chi connectivity index (χ3n) is 3.08. The third kappa shape index (κ3) is 3.03. The Balaban J connectivity index is 2.28. The lowest BCUT2D eigenvalue weighted by molar-refractivity contribution is -0.118. The van der Waals surface area contributed by atoms with E-state index in [0.29, 0.717) is 17.0 Å². The van der Waals surface area contributed by atoms with Gasteiger partial charge in [-0.05, 0) is 26.0 Å². The highest BCUT2D eigenvalue weighted by Crippen LogP contribution is 2.18. The predicted molar refractivity (Wildman–Crippen MR) is 80.1 cm³/mol. The lowest BCUT2D eigenvalue weighted by atomic mass is 10.2. The first-order chi connectivity index (χ1) is 9.91. The van der Waals surface area contributed by atoms with E-state index < -0.39 is 16.9 Å². The summed E-state index contributed by atoms with van der Waals surface area (Å²) in [5.41, 5.74) is 0.905. The zero-order valence-corrected chi connectivity index (χ0v) is 12.3. The number of thiazole rings is 1. The number of rotatable bonds is 4. The van der Waals surface area contributed by atoms with Crippen molar-refractivity contribution < 1.29 is 14.7 Å². The van der Waals surface area contributed by atoms with Crippen molar-refractivity contribution in [2.45, 2.75) is 19.9 Å². The number of aromatic carboxylic acids is 1. The average Bonchev–Trinajstić information content (AvgIpc) is 2.74. The van der Waals surface area contributed by atoms with Crippen LogP contribution in [0.3, 0.4) is 0 Å². The summed E-state index contributed by atoms with van der Waals surface area (Å²) < 4.78 is 1.20. The number of benzene rings is 1. The van der Waals surface area contributed by atoms with Crippen molar-refractivity contribution in [3.8, 4) is 0 Å². The van der Waals surface area contributed by atoms with Gasteiger partial charge in [0.05, 0.1) is 0 Å². The molecule has 1 amide bonds. The molecule has 0 aliphatic carbocycles. The van der Waals surface area contributed by atoms with E-state index in [4.69, 9.17) is 5.11 Å². The standard InChI is InChI=1S/C14H14N2O4S/c1-8-11(13(18)19)21-14(20)16(8)9(2)12(17)15-10-6-4-3-5-7-10/h3-7,9H,1-2H3,(H,15,17)(H,18,19). The van der Waals surface area contributed by atoms with E-state index in [-0.39, 0.29) is 16.5 Å². The van der Waals surface area contributed by atoms with E-state index in [0.717, 1.165) is 0 Å². The SMILES string of the molecule is Cc1c(C(=O)O)sc(=O)n1C(C)C(=O)Nc1ccccc1. The molecular weight excluding hydrogens is 292 g/mol. The summed E-state index contributed by atoms with van der Waals surface area (Å²) in [7, 11) is 0. The maximum absolute atomic E-state index is 12.2. The van der Waals surface area contributed by atoms with Gasteiger partial charge in [-0.3, -0.25) is 14.2 Å². The molecule has 2 N–H and O–H groups in total. The van der Waals surface area contributed by atoms with Gasteiger partial charge >= 0.3 is 10.8 Å². The van der Waals surface area contributed by atoms with Crippen LogP contribution in [0.2, 0.25) is 0 Å². The fourth-order valence-corrected chi connectivity index (χ4v) is 2.89. The van der Waals surface area contributed by atoms with Crippen LogP contribution >= 0.6 is 11.3 Å². The Hall–Kier alpha value is -2.41. The molecule has 0 fully saturated rings. The number of carbonyl (C=O) groups is 2. The molecule has 1 aromatic carbocycles. The molecule has 0 spiro atoms. The highest BCUT2D eigenvalue weighted by atomic mass is 32.1. The number of nitrogens with one attached hydrogen (secondary N) is 1. The molecule has 0 radical (unpaired) electrons. The number of aromatic nitrogens is 1. The maximum Gasteiger partial charge on any atom is 0.347 e. The predicted octanol–water partition coefficient (Wildman–Crippen LogP) is 2.12. The van der Waals surface area contributed by atoms with Crippen LogP contribution in [-0.2, 0) is 4.79 Å². The molecule has 7 heteroatoms. The zero-order chi connectivity index (χ0) is 15.6. The highest BCUT2D eigenvalue weighted by Gasteiger charge is 2.24. The zero-order valence-electron chi connectivity index (χ0n) is 11.5. The smallest absolute Gasteiger partial charge is 0.347 e. The number of hydrogen-bond donors (Lipinski definition) is 2. The topological polar surface area (TPSA) is 88.4 Å². The van der Waals surface area contributed by atoms with Crippen LogP contribution in [-0.4, -0.2) is 21.6 Å². The van der Waals surface area contributed by atoms with Crippen molar-refractivity contribution in [1.29, 1.82) is 0 Å². The molecule has 2 rings (SSSR count). The number of carboxylic acids is 1. The van der Waals surface area contributed by atoms with E-state index in [9.17, 15) is 14.4 Å². The van der Waals surface area contributed by atoms with Gasteiger partial charge in [-0.25, -0.2) is 4.79 Å². The number of hydrogen-bond acceptors (Lipinski definition) is 4. The summed E-state index contributed by atoms with van der Waals surface area (Å²) >= 11 is 0.629. The average molecular weight is 306 g/mol. The minimum absolute atomic E-state index is 0.0423. The molecule has 1 atom stereocenters. The Kier molecular flexibility index (Phi) is 4.23. The summed E-state index contributed by atoms with van der Waals surface area (Å²) in [6.45, 7) is 3.08. The molecule has 0 aliphatic rings. The van der Waals surface area contributed by atoms with Crippen molar-refractivity contribution in [3.63, 3.8) is 0 Å². The van der Waals surface area contributed by atoms with E-state index in [2.05, 4.69) is 5.32 Å². The largest absolute Gasteiger partial charge is 0.477 e. The fourth-order valence-electron chi connectivity index (χ4n) is 1.99. The minimum Gasteiger partial charge on any atom is -0.477 e. The summed E-state index contributed by atoms with van der Waals surface area (Å²) in [4.78, 5) is 34.6. The van der Waals surface area contributed by atoms with Crippen LogP contribution in [0.5, 0.6) is 0 Å². The summed E-state index contributed by atoms with van der Waals surface area (Å²) in [5, 5.41) is 11.7. The summed E-state index contributed by atoms with van der Waals surface area (Å²) in [5.74, 6) is -1.54. The Morgan fingerprint density at radius 2 is 1.90 bits per heavy atom. The van der Waals surface area contributed by atoms with Gasteiger partial charge in [0.25, 0.3) is 0 Å². The third-order valence-corrected chi connectivity index (χ3v) is 4.12. The Morgan fingerprint density at radius 3 is 2.43 bits per heavy atom. The fraction of sp³-hybridized carbons (Fsp3) is 0.214. The van der Waals surface area contributed by atoms with Crippen LogP contribution < -0.4 is 10.2 Å². The number of amides is 1. The van der Waals surface area contributed by atoms with E-state index in [1.165, 1.54) is 11.5 Å². The van der Waals surface area contributed by atoms with E-state index in [1.54, 1.807) is 31.2 Å². The second-order valence-electron chi connectivity index (χ2n) is 4.49. The van der Waals surface area contributed by atoms with Crippen molar-refractivity contribution >= 4 is 28.9 Å². The van der Waals surface area contributed by atoms with Crippen LogP contribution in [0, 0.1) is 6.92 Å². The van der Waals surface area contributed by atoms with Crippen molar-refractivity contribution in [2.24, 2.45) is 0 Å². The van der Waals surface area contributed by atoms with Crippen LogP contribution in [0.15, 0.2) is 35.1 Å². The van der Waals surface area contributed by atoms with E-state index >= 15 is 0 Å². The van der Waals surface area contributed by atoms with Gasteiger partial charge in [-0.1, -0.05) is 29.5 Å². The number of carboxylic acid groups (broad SMARTS) is 1. The molecule has 0 aliphatic heterocycles. The second kappa shape index (κ2) is 5.92. The molecule has 1 unspecified atom stereocenters. The lowest BCUT2D eigenvalue weighted by Crippen LogP contribution is -2.29. The number of carbonyl (C=O) groups excluding carboxylic acids is 1. The van der Waals surface area contributed by atoms with Gasteiger partial charge in [0, 0.05) is 11.4 Å². The molecule has 0 saturated carbocycles. The van der Waals surface area contributed by atoms with E-state index in [1.807, 2.05) is 6.07 Å². The quantitative estimate of drug-likeness (QED) is 0.905. The first-order valence-electron chi connectivity index (χ1n) is 6.23. The van der Waals surface area contributed by atoms with Crippen molar-refractivity contribution in [2.75, 3.05) is 5.32 Å². The Morgan fingerprint density at radius 1 is 1.29 bits per heavy atom. The lowest BCUT2D eigenvalue weighted by Gasteiger charge is -2.14. The molecular formula is C14H14N2O4S. The molecule has 0 saturated heterocycles. The molecule has 6 nitrogen and oxygen atoms in total. The van der Waals surface area contributed by atoms with Crippen LogP contribution in [0.4, 0.5) is 5.69 Å². The van der Waals surface area contributed by atoms with Gasteiger partial charge in [0.2, 0.25) is 5.91 Å². The van der Waals surface area contributed by atoms with Crippen molar-refractivity contribution in [1.82, 2.24) is 4.57 Å². The Bertz CT molecular complexity index is 733. The van der Waals surface area contributed by atoms with Gasteiger partial charge in [0.15, 0.2) is 0 Å². The van der Waals surface area contributed by atoms with Crippen molar-refractivity contribution in [3.05, 3.63) is 50.6 Å². The van der Waals surface area contributed by atoms with Gasteiger partial charge in [-0.2, -0.15) is 0 Å². The highest BCUT2D eigenvalue weighted by molar-refractivity contribution is 7.11. The maximum atomic E-state index is 12.2. The molecule has 2 aromatic rings. The molecule has 1 aromatic heterocycles. The normalized spacial score (nSPS) is 11.9. The first kappa shape index (κ1) is 15.0. The second-order valence-corrected chi connectivity index (χ2v) is 5.45. The number of nitrogens with zero attached hydrogens (tertiary/aromatic N) is 1. The van der Waals surface area contributed by atoms with Gasteiger partial charge in [-0.15, -0.1) is 0 Å². The van der Waals surface area contributed by atoms with Gasteiger partial charge in [0.1, 0.15) is 10.9 Å². The van der Waals surface area contributed by atoms with Crippen LogP contribution in [0.25, 0.3) is 0 Å². The van der Waals surface area contributed by atoms with Crippen LogP contribution in [0.1, 0.15) is 28.3 Å². The summed E-state index contributed by atoms with van der Waals surface area (Å²) in [6, 6.07) is 8.07. The Labute approximate surface area is 124 Å².